The van der Waals surface area contributed by atoms with Crippen LogP contribution in [0.4, 0.5) is 0 Å². The number of rotatable bonds is 8. The quantitative estimate of drug-likeness (QED) is 0.586. The summed E-state index contributed by atoms with van der Waals surface area (Å²) in [4.78, 5) is 2.52. The molecule has 0 saturated carbocycles. The van der Waals surface area contributed by atoms with Gasteiger partial charge in [-0.2, -0.15) is 0 Å². The van der Waals surface area contributed by atoms with Crippen LogP contribution < -0.4 is 0 Å². The first kappa shape index (κ1) is 16.5. The minimum absolute atomic E-state index is 0.437. The largest absolute Gasteiger partial charge is 0.289 e. The van der Waals surface area contributed by atoms with Gasteiger partial charge in [0.05, 0.1) is 0 Å². The van der Waals surface area contributed by atoms with E-state index in [4.69, 9.17) is 0 Å². The number of unbranched alkanes of at least 4 members (excludes halogenated alkanes) is 1. The van der Waals surface area contributed by atoms with Crippen LogP contribution >= 0.6 is 0 Å². The second-order valence-corrected chi connectivity index (χ2v) is 5.83. The molecule has 0 aromatic heterocycles. The van der Waals surface area contributed by atoms with Gasteiger partial charge in [-0.05, 0) is 24.5 Å². The summed E-state index contributed by atoms with van der Waals surface area (Å²) in [6, 6.07) is 21.9. The molecule has 22 heavy (non-hydrogen) atoms. The van der Waals surface area contributed by atoms with E-state index in [1.165, 1.54) is 17.5 Å². The fourth-order valence-electron chi connectivity index (χ4n) is 2.56. The van der Waals surface area contributed by atoms with Gasteiger partial charge in [0, 0.05) is 19.1 Å². The van der Waals surface area contributed by atoms with E-state index in [9.17, 15) is 0 Å². The molecule has 0 bridgehead atoms. The molecule has 1 nitrogen and oxygen atoms in total. The van der Waals surface area contributed by atoms with Crippen LogP contribution in [0.2, 0.25) is 0 Å². The van der Waals surface area contributed by atoms with Gasteiger partial charge in [-0.25, -0.2) is 0 Å². The van der Waals surface area contributed by atoms with Crippen LogP contribution in [0, 0.1) is 0 Å². The van der Waals surface area contributed by atoms with Crippen LogP contribution in [0.5, 0.6) is 0 Å². The molecule has 0 N–H and O–H groups in total. The molecule has 2 aromatic rings. The Morgan fingerprint density at radius 3 is 1.82 bits per heavy atom. The summed E-state index contributed by atoms with van der Waals surface area (Å²) >= 11 is 0. The third-order valence-electron chi connectivity index (χ3n) is 3.90. The molecule has 2 aromatic carbocycles. The van der Waals surface area contributed by atoms with Crippen LogP contribution in [0.3, 0.4) is 0 Å². The number of hydrogen-bond donors (Lipinski definition) is 0. The third-order valence-corrected chi connectivity index (χ3v) is 3.90. The standard InChI is InChI=1S/C21H27N/c1-3-4-7-12-19(2)22(17-20-13-8-5-9-14-20)18-21-15-10-6-11-16-21/h5-16,19H,3-4,17-18H2,1-2H3/b12-7+/t19-/m0/s1. The van der Waals surface area contributed by atoms with E-state index < -0.39 is 0 Å². The molecule has 0 aliphatic heterocycles. The molecule has 0 saturated heterocycles. The van der Waals surface area contributed by atoms with Gasteiger partial charge in [0.15, 0.2) is 0 Å². The monoisotopic (exact) mass is 293 g/mol. The van der Waals surface area contributed by atoms with E-state index in [-0.39, 0.29) is 0 Å². The van der Waals surface area contributed by atoms with Gasteiger partial charge < -0.3 is 0 Å². The van der Waals surface area contributed by atoms with Gasteiger partial charge in [0.25, 0.3) is 0 Å². The van der Waals surface area contributed by atoms with E-state index in [1.54, 1.807) is 0 Å². The van der Waals surface area contributed by atoms with E-state index in [0.717, 1.165) is 19.5 Å². The van der Waals surface area contributed by atoms with Gasteiger partial charge in [-0.1, -0.05) is 86.2 Å². The van der Waals surface area contributed by atoms with Crippen LogP contribution in [-0.2, 0) is 13.1 Å². The van der Waals surface area contributed by atoms with E-state index in [1.807, 2.05) is 0 Å². The lowest BCUT2D eigenvalue weighted by atomic mass is 10.1. The molecule has 0 heterocycles. The summed E-state index contributed by atoms with van der Waals surface area (Å²) in [6.07, 6.45) is 7.03. The SMILES string of the molecule is CCC/C=C/[C@H](C)N(Cc1ccccc1)Cc1ccccc1. The zero-order chi connectivity index (χ0) is 15.6. The lowest BCUT2D eigenvalue weighted by Crippen LogP contribution is -2.30. The summed E-state index contributed by atoms with van der Waals surface area (Å²) < 4.78 is 0. The minimum atomic E-state index is 0.437. The van der Waals surface area contributed by atoms with Crippen molar-refractivity contribution >= 4 is 0 Å². The lowest BCUT2D eigenvalue weighted by molar-refractivity contribution is 0.223. The van der Waals surface area contributed by atoms with Gasteiger partial charge in [-0.15, -0.1) is 0 Å². The van der Waals surface area contributed by atoms with Crippen LogP contribution in [0.25, 0.3) is 0 Å². The average Bonchev–Trinajstić information content (AvgIpc) is 2.56. The van der Waals surface area contributed by atoms with Crippen molar-refractivity contribution in [2.24, 2.45) is 0 Å². The smallest absolute Gasteiger partial charge is 0.0256 e. The highest BCUT2D eigenvalue weighted by Gasteiger charge is 2.12. The summed E-state index contributed by atoms with van der Waals surface area (Å²) in [7, 11) is 0. The average molecular weight is 293 g/mol. The molecule has 0 unspecified atom stereocenters. The van der Waals surface area contributed by atoms with Crippen molar-refractivity contribution in [2.45, 2.75) is 45.8 Å². The second-order valence-electron chi connectivity index (χ2n) is 5.83. The maximum absolute atomic E-state index is 2.52. The summed E-state index contributed by atoms with van der Waals surface area (Å²) in [5.41, 5.74) is 2.74. The summed E-state index contributed by atoms with van der Waals surface area (Å²) in [5.74, 6) is 0. The maximum Gasteiger partial charge on any atom is 0.0256 e. The first-order valence-corrected chi connectivity index (χ1v) is 8.28. The van der Waals surface area contributed by atoms with E-state index >= 15 is 0 Å². The highest BCUT2D eigenvalue weighted by Crippen LogP contribution is 2.14. The van der Waals surface area contributed by atoms with Crippen LogP contribution in [0.1, 0.15) is 37.8 Å². The Balaban J connectivity index is 2.09. The van der Waals surface area contributed by atoms with Gasteiger partial charge >= 0.3 is 0 Å². The predicted octanol–water partition coefficient (Wildman–Crippen LogP) is 5.43. The van der Waals surface area contributed by atoms with Crippen molar-refractivity contribution in [2.75, 3.05) is 0 Å². The number of allylic oxidation sites excluding steroid dienone is 1. The molecule has 1 heteroatoms. The molecule has 1 atom stereocenters. The number of benzene rings is 2. The van der Waals surface area contributed by atoms with Gasteiger partial charge in [-0.3, -0.25) is 4.90 Å². The number of nitrogens with zero attached hydrogens (tertiary/aromatic N) is 1. The van der Waals surface area contributed by atoms with Crippen molar-refractivity contribution in [1.82, 2.24) is 4.90 Å². The molecule has 0 spiro atoms. The molecular weight excluding hydrogens is 266 g/mol. The fourth-order valence-corrected chi connectivity index (χ4v) is 2.56. The molecule has 116 valence electrons. The Bertz CT molecular complexity index is 503. The minimum Gasteiger partial charge on any atom is -0.289 e. The van der Waals surface area contributed by atoms with Crippen LogP contribution in [-0.4, -0.2) is 10.9 Å². The Labute approximate surface area is 135 Å². The van der Waals surface area contributed by atoms with Crippen molar-refractivity contribution in [3.05, 3.63) is 83.9 Å². The first-order chi connectivity index (χ1) is 10.8. The van der Waals surface area contributed by atoms with Crippen molar-refractivity contribution in [1.29, 1.82) is 0 Å². The van der Waals surface area contributed by atoms with E-state index in [0.29, 0.717) is 6.04 Å². The molecule has 0 amide bonds. The molecule has 0 radical (unpaired) electrons. The fraction of sp³-hybridized carbons (Fsp3) is 0.333. The third kappa shape index (κ3) is 5.50. The summed E-state index contributed by atoms with van der Waals surface area (Å²) in [5, 5.41) is 0. The van der Waals surface area contributed by atoms with Crippen LogP contribution in [0.15, 0.2) is 72.8 Å². The lowest BCUT2D eigenvalue weighted by Gasteiger charge is -2.27. The Hall–Kier alpha value is -1.86. The highest BCUT2D eigenvalue weighted by molar-refractivity contribution is 5.17. The van der Waals surface area contributed by atoms with Crippen molar-refractivity contribution in [3.63, 3.8) is 0 Å². The highest BCUT2D eigenvalue weighted by atomic mass is 15.1. The van der Waals surface area contributed by atoms with Crippen molar-refractivity contribution in [3.8, 4) is 0 Å². The Kier molecular flexibility index (Phi) is 6.92. The van der Waals surface area contributed by atoms with Gasteiger partial charge in [0.2, 0.25) is 0 Å². The Morgan fingerprint density at radius 1 is 0.864 bits per heavy atom. The van der Waals surface area contributed by atoms with Crippen molar-refractivity contribution < 1.29 is 0 Å². The molecule has 0 aliphatic rings. The predicted molar refractivity (Wildman–Crippen MR) is 95.6 cm³/mol. The molecule has 0 aliphatic carbocycles. The molecular formula is C21H27N. The maximum atomic E-state index is 2.52. The van der Waals surface area contributed by atoms with E-state index in [2.05, 4.69) is 91.6 Å². The second kappa shape index (κ2) is 9.22. The topological polar surface area (TPSA) is 3.24 Å². The molecule has 2 rings (SSSR count). The van der Waals surface area contributed by atoms with Gasteiger partial charge in [0.1, 0.15) is 0 Å². The zero-order valence-corrected chi connectivity index (χ0v) is 13.8. The Morgan fingerprint density at radius 2 is 1.36 bits per heavy atom. The molecule has 0 fully saturated rings. The normalized spacial score (nSPS) is 12.9. The first-order valence-electron chi connectivity index (χ1n) is 8.28. The summed E-state index contributed by atoms with van der Waals surface area (Å²) in [6.45, 7) is 6.47. The number of hydrogen-bond acceptors (Lipinski definition) is 1. The zero-order valence-electron chi connectivity index (χ0n) is 13.8.